The molecule has 0 saturated heterocycles. The zero-order valence-electron chi connectivity index (χ0n) is 16.8. The fraction of sp³-hybridized carbons (Fsp3) is 0.200. The minimum atomic E-state index is -4.47. The van der Waals surface area contributed by atoms with Crippen LogP contribution in [0.3, 0.4) is 0 Å². The zero-order chi connectivity index (χ0) is 23.3. The van der Waals surface area contributed by atoms with Crippen molar-refractivity contribution in [2.45, 2.75) is 25.6 Å². The predicted octanol–water partition coefficient (Wildman–Crippen LogP) is 3.01. The van der Waals surface area contributed by atoms with Crippen molar-refractivity contribution >= 4 is 28.7 Å². The van der Waals surface area contributed by atoms with Crippen LogP contribution >= 0.6 is 0 Å². The van der Waals surface area contributed by atoms with E-state index in [4.69, 9.17) is 4.52 Å². The van der Waals surface area contributed by atoms with Gasteiger partial charge in [-0.2, -0.15) is 13.2 Å². The first kappa shape index (κ1) is 20.6. The molecule has 0 aliphatic carbocycles. The Morgan fingerprint density at radius 3 is 2.85 bits per heavy atom. The van der Waals surface area contributed by atoms with Gasteiger partial charge in [-0.25, -0.2) is 15.0 Å². The Balaban J connectivity index is 1.35. The van der Waals surface area contributed by atoms with E-state index in [0.717, 1.165) is 12.1 Å². The van der Waals surface area contributed by atoms with Gasteiger partial charge in [0.1, 0.15) is 23.5 Å². The van der Waals surface area contributed by atoms with Gasteiger partial charge in [0.15, 0.2) is 5.82 Å². The van der Waals surface area contributed by atoms with Gasteiger partial charge in [-0.05, 0) is 25.1 Å². The second-order valence-corrected chi connectivity index (χ2v) is 7.40. The number of imidazole rings is 1. The maximum atomic E-state index is 12.9. The normalized spacial score (nSPS) is 14.2. The van der Waals surface area contributed by atoms with Crippen LogP contribution in [0.5, 0.6) is 0 Å². The van der Waals surface area contributed by atoms with E-state index in [1.54, 1.807) is 6.92 Å². The highest BCUT2D eigenvalue weighted by Crippen LogP contribution is 2.32. The molecule has 1 aromatic carbocycles. The van der Waals surface area contributed by atoms with Crippen LogP contribution in [0.25, 0.3) is 22.6 Å². The number of fused-ring (bicyclic) bond motifs is 2. The van der Waals surface area contributed by atoms with Crippen molar-refractivity contribution in [3.8, 4) is 11.6 Å². The Morgan fingerprint density at radius 2 is 2.06 bits per heavy atom. The lowest BCUT2D eigenvalue weighted by Crippen LogP contribution is -2.28. The fourth-order valence-electron chi connectivity index (χ4n) is 3.47. The largest absolute Gasteiger partial charge is 0.416 e. The van der Waals surface area contributed by atoms with E-state index < -0.39 is 23.7 Å². The van der Waals surface area contributed by atoms with Gasteiger partial charge < -0.3 is 20.1 Å². The molecule has 10 nitrogen and oxygen atoms in total. The smallest absolute Gasteiger partial charge is 0.353 e. The molecule has 0 fully saturated rings. The van der Waals surface area contributed by atoms with Crippen LogP contribution in [0.15, 0.2) is 35.1 Å². The van der Waals surface area contributed by atoms with Gasteiger partial charge in [-0.3, -0.25) is 9.59 Å². The van der Waals surface area contributed by atoms with Gasteiger partial charge in [-0.1, -0.05) is 5.16 Å². The number of nitrogens with one attached hydrogen (secondary N) is 3. The average molecular weight is 457 g/mol. The molecule has 0 saturated carbocycles. The summed E-state index contributed by atoms with van der Waals surface area (Å²) in [6.45, 7) is 1.67. The van der Waals surface area contributed by atoms with Crippen LogP contribution in [0.1, 0.15) is 40.3 Å². The molecule has 5 rings (SSSR count). The molecule has 13 heteroatoms. The third-order valence-corrected chi connectivity index (χ3v) is 5.12. The Kier molecular flexibility index (Phi) is 4.62. The molecule has 3 N–H and O–H groups in total. The van der Waals surface area contributed by atoms with Crippen LogP contribution in [0, 0.1) is 0 Å². The minimum absolute atomic E-state index is 0.00349. The Hall–Kier alpha value is -4.29. The van der Waals surface area contributed by atoms with E-state index in [1.807, 2.05) is 0 Å². The second-order valence-electron chi connectivity index (χ2n) is 7.40. The highest BCUT2D eigenvalue weighted by Gasteiger charge is 2.31. The third-order valence-electron chi connectivity index (χ3n) is 5.12. The topological polar surface area (TPSA) is 139 Å². The van der Waals surface area contributed by atoms with E-state index >= 15 is 0 Å². The van der Waals surface area contributed by atoms with Crippen LogP contribution < -0.4 is 10.6 Å². The lowest BCUT2D eigenvalue weighted by Gasteiger charge is -2.11. The number of nitrogens with zero attached hydrogens (tertiary/aromatic N) is 4. The molecule has 0 bridgehead atoms. The van der Waals surface area contributed by atoms with E-state index in [1.165, 1.54) is 18.5 Å². The SMILES string of the molecule is C[C@@H](NC(=O)c1ncnc2c1CC(=O)N2)c1cc(-c2nc3ccc(C(F)(F)F)cc3[nH]2)on1. The summed E-state index contributed by atoms with van der Waals surface area (Å²) in [7, 11) is 0. The number of hydrogen-bond acceptors (Lipinski definition) is 7. The number of halogens is 3. The average Bonchev–Trinajstić information content (AvgIpc) is 3.48. The molecule has 1 atom stereocenters. The number of aromatic nitrogens is 5. The monoisotopic (exact) mass is 457 g/mol. The van der Waals surface area contributed by atoms with Crippen molar-refractivity contribution in [2.75, 3.05) is 5.32 Å². The molecular weight excluding hydrogens is 443 g/mol. The Labute approximate surface area is 182 Å². The summed E-state index contributed by atoms with van der Waals surface area (Å²) in [6, 6.07) is 4.09. The molecule has 0 unspecified atom stereocenters. The van der Waals surface area contributed by atoms with Crippen molar-refractivity contribution in [3.63, 3.8) is 0 Å². The van der Waals surface area contributed by atoms with E-state index in [2.05, 4.69) is 35.7 Å². The summed E-state index contributed by atoms with van der Waals surface area (Å²) >= 11 is 0. The van der Waals surface area contributed by atoms with Crippen molar-refractivity contribution in [2.24, 2.45) is 0 Å². The predicted molar refractivity (Wildman–Crippen MR) is 107 cm³/mol. The molecule has 0 spiro atoms. The lowest BCUT2D eigenvalue weighted by atomic mass is 10.1. The summed E-state index contributed by atoms with van der Waals surface area (Å²) in [5.74, 6) is -0.115. The summed E-state index contributed by atoms with van der Waals surface area (Å²) in [5.41, 5.74) is 0.570. The van der Waals surface area contributed by atoms with Crippen molar-refractivity contribution in [1.82, 2.24) is 30.4 Å². The number of hydrogen-bond donors (Lipinski definition) is 3. The number of amides is 2. The minimum Gasteiger partial charge on any atom is -0.353 e. The number of anilines is 1. The summed E-state index contributed by atoms with van der Waals surface area (Å²) in [6.07, 6.45) is -3.28. The number of carbonyl (C=O) groups is 2. The van der Waals surface area contributed by atoms with E-state index in [9.17, 15) is 22.8 Å². The molecule has 4 heterocycles. The Bertz CT molecular complexity index is 1410. The quantitative estimate of drug-likeness (QED) is 0.428. The van der Waals surface area contributed by atoms with Crippen LogP contribution in [-0.2, 0) is 17.4 Å². The maximum absolute atomic E-state index is 12.9. The number of alkyl halides is 3. The van der Waals surface area contributed by atoms with Crippen molar-refractivity contribution < 1.29 is 27.3 Å². The molecular formula is C20H14F3N7O3. The summed E-state index contributed by atoms with van der Waals surface area (Å²) < 4.78 is 44.1. The van der Waals surface area contributed by atoms with Gasteiger partial charge in [0, 0.05) is 11.6 Å². The standard InChI is InChI=1S/C20H14F3N7O3/c1-8(26-19(32)16-10-5-15(31)29-17(10)25-7-24-16)12-6-14(33-30-12)18-27-11-3-2-9(20(21,22)23)4-13(11)28-18/h2-4,6-8H,5H2,1H3,(H,26,32)(H,27,28)(H,24,25,29,31)/t8-/m1/s1. The molecule has 1 aliphatic rings. The number of carbonyl (C=O) groups excluding carboxylic acids is 2. The van der Waals surface area contributed by atoms with Gasteiger partial charge in [0.2, 0.25) is 11.7 Å². The number of H-pyrrole nitrogens is 1. The van der Waals surface area contributed by atoms with Crippen molar-refractivity contribution in [3.05, 3.63) is 53.1 Å². The molecule has 4 aromatic rings. The maximum Gasteiger partial charge on any atom is 0.416 e. The van der Waals surface area contributed by atoms with Crippen LogP contribution in [0.2, 0.25) is 0 Å². The Morgan fingerprint density at radius 1 is 1.24 bits per heavy atom. The van der Waals surface area contributed by atoms with Crippen molar-refractivity contribution in [1.29, 1.82) is 0 Å². The highest BCUT2D eigenvalue weighted by molar-refractivity contribution is 6.03. The number of aromatic amines is 1. The van der Waals surface area contributed by atoms with Gasteiger partial charge in [0.25, 0.3) is 5.91 Å². The number of benzene rings is 1. The first-order chi connectivity index (χ1) is 15.7. The van der Waals surface area contributed by atoms with Crippen LogP contribution in [0.4, 0.5) is 19.0 Å². The second kappa shape index (κ2) is 7.39. The summed E-state index contributed by atoms with van der Waals surface area (Å²) in [5, 5.41) is 9.20. The van der Waals surface area contributed by atoms with Gasteiger partial charge >= 0.3 is 6.18 Å². The fourth-order valence-corrected chi connectivity index (χ4v) is 3.47. The molecule has 3 aromatic heterocycles. The molecule has 168 valence electrons. The van der Waals surface area contributed by atoms with Crippen LogP contribution in [-0.4, -0.2) is 36.9 Å². The highest BCUT2D eigenvalue weighted by atomic mass is 19.4. The molecule has 33 heavy (non-hydrogen) atoms. The van der Waals surface area contributed by atoms with E-state index in [-0.39, 0.29) is 35.1 Å². The first-order valence-electron chi connectivity index (χ1n) is 9.67. The van der Waals surface area contributed by atoms with E-state index in [0.29, 0.717) is 22.6 Å². The molecule has 1 aliphatic heterocycles. The van der Waals surface area contributed by atoms with Gasteiger partial charge in [-0.15, -0.1) is 0 Å². The third kappa shape index (κ3) is 3.77. The molecule has 0 radical (unpaired) electrons. The lowest BCUT2D eigenvalue weighted by molar-refractivity contribution is -0.137. The first-order valence-corrected chi connectivity index (χ1v) is 9.67. The number of rotatable bonds is 4. The zero-order valence-corrected chi connectivity index (χ0v) is 16.8. The molecule has 2 amide bonds. The summed E-state index contributed by atoms with van der Waals surface area (Å²) in [4.78, 5) is 39.2. The van der Waals surface area contributed by atoms with Gasteiger partial charge in [0.05, 0.1) is 29.1 Å².